The first kappa shape index (κ1) is 19.6. The summed E-state index contributed by atoms with van der Waals surface area (Å²) in [6.45, 7) is 11.5. The molecule has 144 valence electrons. The van der Waals surface area contributed by atoms with Gasteiger partial charge in [-0.3, -0.25) is 0 Å². The van der Waals surface area contributed by atoms with Crippen molar-refractivity contribution in [1.29, 1.82) is 0 Å². The van der Waals surface area contributed by atoms with Crippen LogP contribution in [-0.2, 0) is 15.7 Å². The van der Waals surface area contributed by atoms with Gasteiger partial charge in [0, 0.05) is 24.8 Å². The van der Waals surface area contributed by atoms with Crippen molar-refractivity contribution in [3.05, 3.63) is 35.4 Å². The lowest BCUT2D eigenvalue weighted by Gasteiger charge is -2.30. The summed E-state index contributed by atoms with van der Waals surface area (Å²) in [4.78, 5) is 2.38. The number of benzene rings is 1. The molecule has 1 heterocycles. The molecule has 3 rings (SSSR count). The lowest BCUT2D eigenvalue weighted by molar-refractivity contribution is 0.122. The minimum atomic E-state index is -1.09. The van der Waals surface area contributed by atoms with Gasteiger partial charge in [-0.15, -0.1) is 0 Å². The van der Waals surface area contributed by atoms with Crippen molar-refractivity contribution in [3.63, 3.8) is 0 Å². The number of rotatable bonds is 6. The number of nitrogens with one attached hydrogen (secondary N) is 1. The van der Waals surface area contributed by atoms with E-state index in [4.69, 9.17) is 4.74 Å². The van der Waals surface area contributed by atoms with Crippen molar-refractivity contribution in [2.24, 2.45) is 5.92 Å². The predicted molar refractivity (Wildman–Crippen MR) is 111 cm³/mol. The fourth-order valence-corrected chi connectivity index (χ4v) is 3.85. The van der Waals surface area contributed by atoms with Crippen LogP contribution in [0, 0.1) is 5.92 Å². The van der Waals surface area contributed by atoms with Crippen LogP contribution in [0.4, 0.5) is 5.69 Å². The highest BCUT2D eigenvalue weighted by atomic mass is 32.2. The van der Waals surface area contributed by atoms with E-state index in [2.05, 4.69) is 46.9 Å². The average Bonchev–Trinajstić information content (AvgIpc) is 3.44. The van der Waals surface area contributed by atoms with Gasteiger partial charge in [0.2, 0.25) is 0 Å². The summed E-state index contributed by atoms with van der Waals surface area (Å²) >= 11 is 0. The standard InChI is InChI=1S/C21H32N2O2S/c1-16(22-26(24)21(2,3)4)20-10-9-19(23-11-13-25-14-12-23)15-18(20)8-7-17-5-6-17/h7-10,15-17,22H,5-6,11-14H2,1-4H3/b8-7+/t16-,26-/m0/s1. The second-order valence-corrected chi connectivity index (χ2v) is 10.3. The lowest BCUT2D eigenvalue weighted by atomic mass is 10.00. The molecular weight excluding hydrogens is 344 g/mol. The number of hydrogen-bond acceptors (Lipinski definition) is 3. The normalized spacial score (nSPS) is 21.2. The minimum Gasteiger partial charge on any atom is -0.378 e. The highest BCUT2D eigenvalue weighted by Crippen LogP contribution is 2.33. The topological polar surface area (TPSA) is 41.6 Å². The minimum absolute atomic E-state index is 0.0349. The van der Waals surface area contributed by atoms with Gasteiger partial charge in [-0.1, -0.05) is 18.2 Å². The monoisotopic (exact) mass is 376 g/mol. The first-order valence-corrected chi connectivity index (χ1v) is 10.8. The van der Waals surface area contributed by atoms with Gasteiger partial charge < -0.3 is 9.64 Å². The van der Waals surface area contributed by atoms with Crippen LogP contribution >= 0.6 is 0 Å². The van der Waals surface area contributed by atoms with E-state index in [0.717, 1.165) is 32.2 Å². The molecule has 1 aromatic rings. The van der Waals surface area contributed by atoms with Gasteiger partial charge in [-0.2, -0.15) is 0 Å². The van der Waals surface area contributed by atoms with Crippen molar-refractivity contribution >= 4 is 22.7 Å². The molecule has 2 fully saturated rings. The molecule has 26 heavy (non-hydrogen) atoms. The Bertz CT molecular complexity index is 671. The quantitative estimate of drug-likeness (QED) is 0.814. The van der Waals surface area contributed by atoms with E-state index in [-0.39, 0.29) is 10.8 Å². The van der Waals surface area contributed by atoms with Crippen molar-refractivity contribution in [2.45, 2.75) is 51.3 Å². The Morgan fingerprint density at radius 3 is 2.58 bits per heavy atom. The Balaban J connectivity index is 1.83. The van der Waals surface area contributed by atoms with Crippen LogP contribution in [0.1, 0.15) is 57.7 Å². The van der Waals surface area contributed by atoms with Crippen LogP contribution in [-0.4, -0.2) is 35.3 Å². The fourth-order valence-electron chi connectivity index (χ4n) is 3.05. The van der Waals surface area contributed by atoms with E-state index in [1.807, 2.05) is 20.8 Å². The molecule has 0 spiro atoms. The third-order valence-electron chi connectivity index (χ3n) is 4.92. The Kier molecular flexibility index (Phi) is 6.21. The zero-order valence-corrected chi connectivity index (χ0v) is 17.3. The molecular formula is C21H32N2O2S. The largest absolute Gasteiger partial charge is 0.378 e. The van der Waals surface area contributed by atoms with Gasteiger partial charge in [0.1, 0.15) is 0 Å². The number of allylic oxidation sites excluding steroid dienone is 1. The zero-order valence-electron chi connectivity index (χ0n) is 16.5. The fraction of sp³-hybridized carbons (Fsp3) is 0.619. The lowest BCUT2D eigenvalue weighted by Crippen LogP contribution is -2.36. The third-order valence-corrected chi connectivity index (χ3v) is 6.60. The Morgan fingerprint density at radius 2 is 1.96 bits per heavy atom. The summed E-state index contributed by atoms with van der Waals surface area (Å²) in [6.07, 6.45) is 7.19. The summed E-state index contributed by atoms with van der Waals surface area (Å²) in [5.41, 5.74) is 3.68. The van der Waals surface area contributed by atoms with Crippen molar-refractivity contribution in [3.8, 4) is 0 Å². The molecule has 1 aliphatic carbocycles. The molecule has 2 atom stereocenters. The van der Waals surface area contributed by atoms with Gasteiger partial charge in [0.25, 0.3) is 0 Å². The van der Waals surface area contributed by atoms with Crippen molar-refractivity contribution in [1.82, 2.24) is 4.72 Å². The number of anilines is 1. The van der Waals surface area contributed by atoms with Crippen LogP contribution in [0.15, 0.2) is 24.3 Å². The third kappa shape index (κ3) is 5.18. The molecule has 1 N–H and O–H groups in total. The maximum Gasteiger partial charge on any atom is 0.0975 e. The summed E-state index contributed by atoms with van der Waals surface area (Å²) in [7, 11) is -1.09. The predicted octanol–water partition coefficient (Wildman–Crippen LogP) is 4.06. The molecule has 4 nitrogen and oxygen atoms in total. The molecule has 0 bridgehead atoms. The summed E-state index contributed by atoms with van der Waals surface area (Å²) in [5, 5.41) is 0. The Hall–Kier alpha value is -1.17. The van der Waals surface area contributed by atoms with Crippen LogP contribution in [0.5, 0.6) is 0 Å². The highest BCUT2D eigenvalue weighted by Gasteiger charge is 2.23. The molecule has 0 aromatic heterocycles. The maximum atomic E-state index is 12.5. The van der Waals surface area contributed by atoms with Gasteiger partial charge in [-0.05, 0) is 69.7 Å². The molecule has 1 aliphatic heterocycles. The molecule has 0 amide bonds. The Labute approximate surface area is 160 Å². The molecule has 0 unspecified atom stereocenters. The average molecular weight is 377 g/mol. The molecule has 2 aliphatic rings. The van der Waals surface area contributed by atoms with Crippen LogP contribution in [0.2, 0.25) is 0 Å². The highest BCUT2D eigenvalue weighted by molar-refractivity contribution is 7.84. The first-order valence-electron chi connectivity index (χ1n) is 9.67. The molecule has 1 aromatic carbocycles. The SMILES string of the molecule is C[C@H](N[S@@](=O)C(C)(C)C)c1ccc(N2CCOCC2)cc1/C=C/C1CC1. The first-order chi connectivity index (χ1) is 12.3. The van der Waals surface area contributed by atoms with E-state index >= 15 is 0 Å². The van der Waals surface area contributed by atoms with Gasteiger partial charge in [0.05, 0.1) is 28.9 Å². The van der Waals surface area contributed by atoms with Crippen molar-refractivity contribution in [2.75, 3.05) is 31.2 Å². The van der Waals surface area contributed by atoms with Crippen LogP contribution < -0.4 is 9.62 Å². The number of hydrogen-bond donors (Lipinski definition) is 1. The van der Waals surface area contributed by atoms with E-state index in [1.54, 1.807) is 0 Å². The van der Waals surface area contributed by atoms with E-state index in [0.29, 0.717) is 0 Å². The zero-order chi connectivity index (χ0) is 18.7. The second kappa shape index (κ2) is 8.24. The van der Waals surface area contributed by atoms with E-state index in [1.165, 1.54) is 29.7 Å². The van der Waals surface area contributed by atoms with Crippen molar-refractivity contribution < 1.29 is 8.95 Å². The molecule has 1 saturated heterocycles. The van der Waals surface area contributed by atoms with E-state index < -0.39 is 11.0 Å². The van der Waals surface area contributed by atoms with Gasteiger partial charge in [0.15, 0.2) is 0 Å². The summed E-state index contributed by atoms with van der Waals surface area (Å²) in [5.74, 6) is 0.738. The van der Waals surface area contributed by atoms with Gasteiger partial charge in [-0.25, -0.2) is 8.93 Å². The molecule has 1 saturated carbocycles. The van der Waals surface area contributed by atoms with Crippen LogP contribution in [0.3, 0.4) is 0 Å². The van der Waals surface area contributed by atoms with E-state index in [9.17, 15) is 4.21 Å². The summed E-state index contributed by atoms with van der Waals surface area (Å²) in [6, 6.07) is 6.69. The Morgan fingerprint density at radius 1 is 1.27 bits per heavy atom. The maximum absolute atomic E-state index is 12.5. The van der Waals surface area contributed by atoms with Gasteiger partial charge >= 0.3 is 0 Å². The van der Waals surface area contributed by atoms with Crippen LogP contribution in [0.25, 0.3) is 6.08 Å². The number of ether oxygens (including phenoxy) is 1. The number of morpholine rings is 1. The molecule has 0 radical (unpaired) electrons. The second-order valence-electron chi connectivity index (χ2n) is 8.33. The molecule has 5 heteroatoms. The number of nitrogens with zero attached hydrogens (tertiary/aromatic N) is 1. The summed E-state index contributed by atoms with van der Waals surface area (Å²) < 4.78 is 21.0. The smallest absolute Gasteiger partial charge is 0.0975 e.